The predicted octanol–water partition coefficient (Wildman–Crippen LogP) is 2.18. The number of methoxy groups -OCH3 is 1. The monoisotopic (exact) mass is 418 g/mol. The lowest BCUT2D eigenvalue weighted by atomic mass is 10.1. The number of rotatable bonds is 7. The maximum absolute atomic E-state index is 12.8. The molecule has 1 amide bonds. The number of anilines is 1. The van der Waals surface area contributed by atoms with Gasteiger partial charge in [0.15, 0.2) is 0 Å². The van der Waals surface area contributed by atoms with Crippen LogP contribution >= 0.6 is 0 Å². The fraction of sp³-hybridized carbons (Fsp3) is 0.300. The van der Waals surface area contributed by atoms with Crippen LogP contribution in [0.25, 0.3) is 0 Å². The zero-order valence-corrected chi connectivity index (χ0v) is 16.7. The first-order valence-corrected chi connectivity index (χ1v) is 10.6. The number of ether oxygens (including phenoxy) is 2. The summed E-state index contributed by atoms with van der Waals surface area (Å²) < 4.78 is 38.1. The van der Waals surface area contributed by atoms with Crippen molar-refractivity contribution in [3.8, 4) is 0 Å². The normalized spacial score (nSPS) is 16.2. The Morgan fingerprint density at radius 2 is 1.97 bits per heavy atom. The van der Waals surface area contributed by atoms with E-state index in [1.165, 1.54) is 43.5 Å². The first-order chi connectivity index (χ1) is 13.9. The van der Waals surface area contributed by atoms with Crippen LogP contribution in [-0.4, -0.2) is 46.7 Å². The molecule has 0 aromatic heterocycles. The summed E-state index contributed by atoms with van der Waals surface area (Å²) in [6, 6.07) is 11.8. The summed E-state index contributed by atoms with van der Waals surface area (Å²) in [6.45, 7) is 1.04. The van der Waals surface area contributed by atoms with E-state index in [-0.39, 0.29) is 27.8 Å². The number of benzene rings is 2. The number of amides is 1. The summed E-state index contributed by atoms with van der Waals surface area (Å²) in [5.41, 5.74) is 0.442. The van der Waals surface area contributed by atoms with E-state index in [2.05, 4.69) is 14.8 Å². The van der Waals surface area contributed by atoms with Gasteiger partial charge in [0, 0.05) is 13.2 Å². The van der Waals surface area contributed by atoms with Gasteiger partial charge in [0.1, 0.15) is 0 Å². The third kappa shape index (κ3) is 5.12. The van der Waals surface area contributed by atoms with Crippen LogP contribution in [0.2, 0.25) is 0 Å². The molecule has 1 heterocycles. The van der Waals surface area contributed by atoms with Crippen molar-refractivity contribution >= 4 is 27.6 Å². The van der Waals surface area contributed by atoms with E-state index in [9.17, 15) is 18.0 Å². The van der Waals surface area contributed by atoms with Gasteiger partial charge in [-0.1, -0.05) is 18.2 Å². The molecule has 1 unspecified atom stereocenters. The molecule has 2 N–H and O–H groups in total. The molecule has 1 fully saturated rings. The summed E-state index contributed by atoms with van der Waals surface area (Å²) in [7, 11) is -2.81. The van der Waals surface area contributed by atoms with Crippen molar-refractivity contribution < 1.29 is 27.5 Å². The van der Waals surface area contributed by atoms with Crippen LogP contribution in [0.5, 0.6) is 0 Å². The molecule has 1 aliphatic rings. The average Bonchev–Trinajstić information content (AvgIpc) is 3.25. The molecular formula is C20H22N2O6S. The third-order valence-corrected chi connectivity index (χ3v) is 5.86. The fourth-order valence-electron chi connectivity index (χ4n) is 2.99. The van der Waals surface area contributed by atoms with E-state index in [1.54, 1.807) is 12.1 Å². The van der Waals surface area contributed by atoms with Crippen LogP contribution in [0.4, 0.5) is 5.69 Å². The third-order valence-electron chi connectivity index (χ3n) is 4.50. The second kappa shape index (κ2) is 9.06. The Labute approximate surface area is 169 Å². The number of para-hydroxylation sites is 1. The molecule has 1 aliphatic heterocycles. The molecule has 0 radical (unpaired) electrons. The van der Waals surface area contributed by atoms with Gasteiger partial charge in [0.05, 0.1) is 34.9 Å². The number of carbonyl (C=O) groups is 2. The number of nitrogens with one attached hydrogen (secondary N) is 2. The van der Waals surface area contributed by atoms with Crippen molar-refractivity contribution in [1.29, 1.82) is 0 Å². The Kier molecular flexibility index (Phi) is 6.50. The van der Waals surface area contributed by atoms with Crippen molar-refractivity contribution in [2.24, 2.45) is 0 Å². The van der Waals surface area contributed by atoms with Crippen molar-refractivity contribution in [3.63, 3.8) is 0 Å². The summed E-state index contributed by atoms with van der Waals surface area (Å²) >= 11 is 0. The Bertz CT molecular complexity index is 1000. The first kappa shape index (κ1) is 20.8. The lowest BCUT2D eigenvalue weighted by Crippen LogP contribution is -2.32. The van der Waals surface area contributed by atoms with E-state index in [0.29, 0.717) is 13.2 Å². The van der Waals surface area contributed by atoms with Crippen molar-refractivity contribution in [1.82, 2.24) is 5.32 Å². The highest BCUT2D eigenvalue weighted by molar-refractivity contribution is 7.92. The number of carbonyl (C=O) groups excluding carboxylic acids is 2. The molecule has 2 aromatic carbocycles. The number of sulfonamides is 1. The highest BCUT2D eigenvalue weighted by Crippen LogP contribution is 2.21. The molecule has 0 saturated carbocycles. The highest BCUT2D eigenvalue weighted by Gasteiger charge is 2.21. The van der Waals surface area contributed by atoms with E-state index in [4.69, 9.17) is 4.74 Å². The van der Waals surface area contributed by atoms with E-state index >= 15 is 0 Å². The van der Waals surface area contributed by atoms with Crippen LogP contribution in [0.15, 0.2) is 53.4 Å². The van der Waals surface area contributed by atoms with Gasteiger partial charge in [0.25, 0.3) is 15.9 Å². The number of hydrogen-bond acceptors (Lipinski definition) is 6. The van der Waals surface area contributed by atoms with Gasteiger partial charge in [-0.3, -0.25) is 9.52 Å². The Balaban J connectivity index is 1.79. The summed E-state index contributed by atoms with van der Waals surface area (Å²) in [5.74, 6) is -1.04. The van der Waals surface area contributed by atoms with Gasteiger partial charge in [-0.2, -0.15) is 0 Å². The van der Waals surface area contributed by atoms with Crippen LogP contribution in [-0.2, 0) is 19.5 Å². The molecule has 2 aromatic rings. The van der Waals surface area contributed by atoms with Crippen LogP contribution in [0.1, 0.15) is 33.6 Å². The SMILES string of the molecule is COC(=O)c1cccc(S(=O)(=O)Nc2ccccc2C(=O)NCC2CCCO2)c1. The van der Waals surface area contributed by atoms with Gasteiger partial charge in [-0.15, -0.1) is 0 Å². The minimum atomic E-state index is -4.03. The van der Waals surface area contributed by atoms with Gasteiger partial charge in [-0.05, 0) is 43.2 Å². The Hall–Kier alpha value is -2.91. The lowest BCUT2D eigenvalue weighted by molar-refractivity contribution is 0.0600. The topological polar surface area (TPSA) is 111 Å². The van der Waals surface area contributed by atoms with Gasteiger partial charge in [-0.25, -0.2) is 13.2 Å². The maximum Gasteiger partial charge on any atom is 0.337 e. The number of esters is 1. The smallest absolute Gasteiger partial charge is 0.337 e. The minimum Gasteiger partial charge on any atom is -0.465 e. The van der Waals surface area contributed by atoms with E-state index in [0.717, 1.165) is 12.8 Å². The maximum atomic E-state index is 12.8. The average molecular weight is 418 g/mol. The van der Waals surface area contributed by atoms with Crippen LogP contribution in [0, 0.1) is 0 Å². The molecule has 9 heteroatoms. The predicted molar refractivity (Wildman–Crippen MR) is 106 cm³/mol. The standard InChI is InChI=1S/C20H22N2O6S/c1-27-20(24)14-6-4-8-16(12-14)29(25,26)22-18-10-3-2-9-17(18)19(23)21-13-15-7-5-11-28-15/h2-4,6,8-10,12,15,22H,5,7,11,13H2,1H3,(H,21,23). The Morgan fingerprint density at radius 3 is 2.69 bits per heavy atom. The molecule has 154 valence electrons. The molecule has 0 bridgehead atoms. The largest absolute Gasteiger partial charge is 0.465 e. The van der Waals surface area contributed by atoms with Gasteiger partial charge in [0.2, 0.25) is 0 Å². The summed E-state index contributed by atoms with van der Waals surface area (Å²) in [6.07, 6.45) is 1.82. The van der Waals surface area contributed by atoms with E-state index in [1.807, 2.05) is 0 Å². The molecule has 29 heavy (non-hydrogen) atoms. The number of hydrogen-bond donors (Lipinski definition) is 2. The quantitative estimate of drug-likeness (QED) is 0.667. The molecule has 1 saturated heterocycles. The van der Waals surface area contributed by atoms with E-state index < -0.39 is 21.9 Å². The zero-order valence-electron chi connectivity index (χ0n) is 15.9. The fourth-order valence-corrected chi connectivity index (χ4v) is 4.11. The molecule has 0 spiro atoms. The molecular weight excluding hydrogens is 396 g/mol. The van der Waals surface area contributed by atoms with Crippen LogP contribution < -0.4 is 10.0 Å². The minimum absolute atomic E-state index is 0.0242. The highest BCUT2D eigenvalue weighted by atomic mass is 32.2. The van der Waals surface area contributed by atoms with Gasteiger partial charge < -0.3 is 14.8 Å². The summed E-state index contributed by atoms with van der Waals surface area (Å²) in [5, 5.41) is 2.78. The first-order valence-electron chi connectivity index (χ1n) is 9.11. The Morgan fingerprint density at radius 1 is 1.17 bits per heavy atom. The van der Waals surface area contributed by atoms with Crippen molar-refractivity contribution in [3.05, 3.63) is 59.7 Å². The zero-order chi connectivity index (χ0) is 20.9. The van der Waals surface area contributed by atoms with Gasteiger partial charge >= 0.3 is 5.97 Å². The second-order valence-corrected chi connectivity index (χ2v) is 8.20. The van der Waals surface area contributed by atoms with Crippen LogP contribution in [0.3, 0.4) is 0 Å². The second-order valence-electron chi connectivity index (χ2n) is 6.52. The lowest BCUT2D eigenvalue weighted by Gasteiger charge is -2.14. The molecule has 0 aliphatic carbocycles. The molecule has 8 nitrogen and oxygen atoms in total. The molecule has 3 rings (SSSR count). The molecule has 1 atom stereocenters. The van der Waals surface area contributed by atoms with Crippen molar-refractivity contribution in [2.45, 2.75) is 23.8 Å². The summed E-state index contributed by atoms with van der Waals surface area (Å²) in [4.78, 5) is 24.1. The van der Waals surface area contributed by atoms with Crippen molar-refractivity contribution in [2.75, 3.05) is 25.0 Å².